The molecule has 0 radical (unpaired) electrons. The topological polar surface area (TPSA) is 126 Å². The molecule has 1 aliphatic rings. The van der Waals surface area contributed by atoms with Crippen LogP contribution < -0.4 is 4.74 Å². The van der Waals surface area contributed by atoms with E-state index in [-0.39, 0.29) is 22.2 Å². The van der Waals surface area contributed by atoms with Gasteiger partial charge >= 0.3 is 5.97 Å². The summed E-state index contributed by atoms with van der Waals surface area (Å²) >= 11 is 0. The largest absolute Gasteiger partial charge is 0.448 e. The first-order valence-corrected chi connectivity index (χ1v) is 8.30. The number of nitro groups is 1. The van der Waals surface area contributed by atoms with Gasteiger partial charge in [-0.05, 0) is 20.8 Å². The molecule has 0 N–H and O–H groups in total. The second-order valence-corrected chi connectivity index (χ2v) is 7.40. The summed E-state index contributed by atoms with van der Waals surface area (Å²) in [4.78, 5) is 25.6. The quantitative estimate of drug-likeness (QED) is 0.455. The monoisotopic (exact) mass is 342 g/mol. The van der Waals surface area contributed by atoms with Gasteiger partial charge in [-0.2, -0.15) is 0 Å². The lowest BCUT2D eigenvalue weighted by molar-refractivity contribution is -0.385. The molecule has 0 saturated heterocycles. The standard InChI is InChI=1S/C13H14N2O7S/c1-7-8(15(17)18)5-6-9(14-7)21-10-11(23(4,19)20)13(2,3)22-12(10)16/h5-6H,1-4H3. The Morgan fingerprint density at radius 3 is 2.43 bits per heavy atom. The van der Waals surface area contributed by atoms with Crippen molar-refractivity contribution < 1.29 is 27.6 Å². The molecule has 0 atom stereocenters. The van der Waals surface area contributed by atoms with E-state index in [0.717, 1.165) is 12.3 Å². The highest BCUT2D eigenvalue weighted by molar-refractivity contribution is 7.94. The molecule has 23 heavy (non-hydrogen) atoms. The van der Waals surface area contributed by atoms with Crippen molar-refractivity contribution in [2.45, 2.75) is 26.4 Å². The minimum Gasteiger partial charge on any atom is -0.448 e. The lowest BCUT2D eigenvalue weighted by atomic mass is 10.1. The number of hydrogen-bond donors (Lipinski definition) is 0. The van der Waals surface area contributed by atoms with Crippen molar-refractivity contribution in [1.82, 2.24) is 4.98 Å². The molecule has 1 aromatic rings. The Hall–Kier alpha value is -2.49. The summed E-state index contributed by atoms with van der Waals surface area (Å²) in [5.41, 5.74) is -1.51. The Labute approximate surface area is 132 Å². The summed E-state index contributed by atoms with van der Waals surface area (Å²) in [7, 11) is -3.77. The van der Waals surface area contributed by atoms with Crippen molar-refractivity contribution in [3.8, 4) is 5.88 Å². The van der Waals surface area contributed by atoms with Crippen LogP contribution in [0.4, 0.5) is 5.69 Å². The third kappa shape index (κ3) is 3.16. The Kier molecular flexibility index (Phi) is 3.89. The van der Waals surface area contributed by atoms with Crippen LogP contribution in [0.3, 0.4) is 0 Å². The number of carbonyl (C=O) groups excluding carboxylic acids is 1. The predicted molar refractivity (Wildman–Crippen MR) is 78.3 cm³/mol. The van der Waals surface area contributed by atoms with Gasteiger partial charge in [-0.25, -0.2) is 18.2 Å². The van der Waals surface area contributed by atoms with Gasteiger partial charge in [-0.15, -0.1) is 0 Å². The molecule has 1 aromatic heterocycles. The van der Waals surface area contributed by atoms with Crippen molar-refractivity contribution in [1.29, 1.82) is 0 Å². The summed E-state index contributed by atoms with van der Waals surface area (Å²) in [6, 6.07) is 2.33. The molecule has 9 nitrogen and oxygen atoms in total. The maximum Gasteiger partial charge on any atom is 0.376 e. The highest BCUT2D eigenvalue weighted by Gasteiger charge is 2.47. The number of hydrogen-bond acceptors (Lipinski definition) is 8. The summed E-state index contributed by atoms with van der Waals surface area (Å²) in [6.45, 7) is 4.24. The average Bonchev–Trinajstić information content (AvgIpc) is 2.57. The van der Waals surface area contributed by atoms with Crippen LogP contribution in [0.2, 0.25) is 0 Å². The minimum atomic E-state index is -3.77. The van der Waals surface area contributed by atoms with Gasteiger partial charge in [-0.1, -0.05) is 0 Å². The number of esters is 1. The second-order valence-electron chi connectivity index (χ2n) is 5.44. The second kappa shape index (κ2) is 5.30. The highest BCUT2D eigenvalue weighted by Crippen LogP contribution is 2.36. The number of aromatic nitrogens is 1. The molecule has 0 spiro atoms. The molecular weight excluding hydrogens is 328 g/mol. The maximum atomic E-state index is 11.9. The van der Waals surface area contributed by atoms with Gasteiger partial charge in [0.2, 0.25) is 11.6 Å². The Balaban J connectivity index is 2.51. The Morgan fingerprint density at radius 2 is 1.96 bits per heavy atom. The predicted octanol–water partition coefficient (Wildman–Crippen LogP) is 1.27. The van der Waals surface area contributed by atoms with E-state index in [1.165, 1.54) is 26.8 Å². The van der Waals surface area contributed by atoms with Gasteiger partial charge in [0.05, 0.1) is 4.92 Å². The molecular formula is C13H14N2O7S. The van der Waals surface area contributed by atoms with Crippen LogP contribution in [-0.4, -0.2) is 36.2 Å². The minimum absolute atomic E-state index is 0.0691. The molecule has 0 saturated carbocycles. The summed E-state index contributed by atoms with van der Waals surface area (Å²) in [6.07, 6.45) is 0.934. The molecule has 0 aliphatic carbocycles. The van der Waals surface area contributed by atoms with Crippen molar-refractivity contribution in [2.24, 2.45) is 0 Å². The highest BCUT2D eigenvalue weighted by atomic mass is 32.2. The van der Waals surface area contributed by atoms with Crippen LogP contribution in [0, 0.1) is 17.0 Å². The van der Waals surface area contributed by atoms with Gasteiger partial charge in [0.15, 0.2) is 9.84 Å². The fourth-order valence-electron chi connectivity index (χ4n) is 2.28. The normalized spacial score (nSPS) is 17.1. The van der Waals surface area contributed by atoms with Gasteiger partial charge in [0, 0.05) is 18.4 Å². The number of ether oxygens (including phenoxy) is 2. The Bertz CT molecular complexity index is 840. The molecule has 0 bridgehead atoms. The zero-order valence-corrected chi connectivity index (χ0v) is 13.6. The molecule has 1 aliphatic heterocycles. The molecule has 10 heteroatoms. The van der Waals surface area contributed by atoms with Gasteiger partial charge in [0.25, 0.3) is 5.69 Å². The number of aryl methyl sites for hydroxylation is 1. The fraction of sp³-hybridized carbons (Fsp3) is 0.385. The molecule has 0 unspecified atom stereocenters. The zero-order chi connectivity index (χ0) is 17.6. The van der Waals surface area contributed by atoms with Crippen LogP contribution >= 0.6 is 0 Å². The lowest BCUT2D eigenvalue weighted by Gasteiger charge is -2.18. The first-order chi connectivity index (χ1) is 10.4. The third-order valence-corrected chi connectivity index (χ3v) is 4.51. The van der Waals surface area contributed by atoms with Crippen molar-refractivity contribution >= 4 is 21.5 Å². The van der Waals surface area contributed by atoms with E-state index in [1.54, 1.807) is 0 Å². The number of nitrogens with zero attached hydrogens (tertiary/aromatic N) is 2. The summed E-state index contributed by atoms with van der Waals surface area (Å²) in [5, 5.41) is 10.8. The van der Waals surface area contributed by atoms with Crippen LogP contribution in [-0.2, 0) is 19.4 Å². The average molecular weight is 342 g/mol. The fourth-order valence-corrected chi connectivity index (χ4v) is 3.67. The molecule has 0 fully saturated rings. The van der Waals surface area contributed by atoms with Gasteiger partial charge in [0.1, 0.15) is 16.2 Å². The van der Waals surface area contributed by atoms with Crippen LogP contribution in [0.25, 0.3) is 0 Å². The van der Waals surface area contributed by atoms with Crippen molar-refractivity contribution in [3.63, 3.8) is 0 Å². The van der Waals surface area contributed by atoms with E-state index in [2.05, 4.69) is 4.98 Å². The smallest absolute Gasteiger partial charge is 0.376 e. The SMILES string of the molecule is Cc1nc(OC2=C(S(C)(=O)=O)C(C)(C)OC2=O)ccc1[N+](=O)[O-]. The van der Waals surface area contributed by atoms with Crippen molar-refractivity contribution in [3.05, 3.63) is 38.6 Å². The first-order valence-electron chi connectivity index (χ1n) is 6.41. The molecule has 124 valence electrons. The number of carbonyl (C=O) groups is 1. The van der Waals surface area contributed by atoms with E-state index < -0.39 is 32.1 Å². The number of sulfone groups is 1. The van der Waals surface area contributed by atoms with Gasteiger partial charge in [-0.3, -0.25) is 10.1 Å². The lowest BCUT2D eigenvalue weighted by Crippen LogP contribution is -2.27. The van der Waals surface area contributed by atoms with E-state index in [9.17, 15) is 23.3 Å². The van der Waals surface area contributed by atoms with Crippen molar-refractivity contribution in [2.75, 3.05) is 6.26 Å². The molecule has 2 rings (SSSR count). The maximum absolute atomic E-state index is 11.9. The van der Waals surface area contributed by atoms with E-state index >= 15 is 0 Å². The van der Waals surface area contributed by atoms with E-state index in [0.29, 0.717) is 0 Å². The third-order valence-electron chi connectivity index (χ3n) is 3.09. The first kappa shape index (κ1) is 16.9. The summed E-state index contributed by atoms with van der Waals surface area (Å²) < 4.78 is 34.1. The molecule has 0 amide bonds. The van der Waals surface area contributed by atoms with E-state index in [1.807, 2.05) is 0 Å². The van der Waals surface area contributed by atoms with Crippen LogP contribution in [0.5, 0.6) is 5.88 Å². The number of pyridine rings is 1. The Morgan fingerprint density at radius 1 is 1.35 bits per heavy atom. The molecule has 0 aromatic carbocycles. The van der Waals surface area contributed by atoms with Crippen LogP contribution in [0.1, 0.15) is 19.5 Å². The number of rotatable bonds is 4. The summed E-state index contributed by atoms with van der Waals surface area (Å²) in [5.74, 6) is -1.56. The number of cyclic esters (lactones) is 1. The van der Waals surface area contributed by atoms with E-state index in [4.69, 9.17) is 9.47 Å². The van der Waals surface area contributed by atoms with Crippen LogP contribution in [0.15, 0.2) is 22.8 Å². The zero-order valence-electron chi connectivity index (χ0n) is 12.8. The molecule has 2 heterocycles. The van der Waals surface area contributed by atoms with Gasteiger partial charge < -0.3 is 9.47 Å².